The van der Waals surface area contributed by atoms with Gasteiger partial charge >= 0.3 is 24.7 Å². The van der Waals surface area contributed by atoms with Crippen molar-refractivity contribution in [2.24, 2.45) is 0 Å². The van der Waals surface area contributed by atoms with E-state index in [9.17, 15) is 62.9 Å². The highest BCUT2D eigenvalue weighted by molar-refractivity contribution is 6.05. The first-order valence-electron chi connectivity index (χ1n) is 9.26. The Balaban J connectivity index is 2.41. The number of anilines is 2. The molecule has 3 aromatic carbocycles. The molecule has 4 nitrogen and oxygen atoms in total. The molecule has 0 aliphatic rings. The molecule has 0 saturated heterocycles. The fraction of sp³-hybridized carbons (Fsp3) is 0.300. The van der Waals surface area contributed by atoms with Crippen molar-refractivity contribution in [1.82, 2.24) is 0 Å². The highest BCUT2D eigenvalue weighted by Gasteiger charge is 2.73. The largest absolute Gasteiger partial charge is 0.430 e. The molecule has 0 radical (unpaired) electrons. The monoisotopic (exact) mass is 540 g/mol. The van der Waals surface area contributed by atoms with Gasteiger partial charge in [0.2, 0.25) is 0 Å². The van der Waals surface area contributed by atoms with E-state index in [-0.39, 0.29) is 22.9 Å². The zero-order valence-electron chi connectivity index (χ0n) is 17.0. The number of hydrogen-bond acceptors (Lipinski definition) is 4. The van der Waals surface area contributed by atoms with Gasteiger partial charge < -0.3 is 21.7 Å². The molecule has 0 bridgehead atoms. The summed E-state index contributed by atoms with van der Waals surface area (Å²) < 4.78 is 160. The van der Waals surface area contributed by atoms with Crippen LogP contribution in [0.2, 0.25) is 0 Å². The second-order valence-electron chi connectivity index (χ2n) is 7.80. The van der Waals surface area contributed by atoms with Crippen LogP contribution in [0.1, 0.15) is 11.1 Å². The summed E-state index contributed by atoms with van der Waals surface area (Å²) in [5, 5.41) is 17.6. The molecule has 0 fully saturated rings. The Morgan fingerprint density at radius 1 is 0.500 bits per heavy atom. The van der Waals surface area contributed by atoms with E-state index in [0.29, 0.717) is 18.2 Å². The van der Waals surface area contributed by atoms with Crippen LogP contribution in [0, 0.1) is 0 Å². The molecule has 0 aliphatic heterocycles. The van der Waals surface area contributed by atoms with Crippen LogP contribution in [0.5, 0.6) is 0 Å². The first kappa shape index (κ1) is 27.4. The van der Waals surface area contributed by atoms with Crippen LogP contribution in [-0.4, -0.2) is 34.9 Å². The summed E-state index contributed by atoms with van der Waals surface area (Å²) in [6.45, 7) is 0. The summed E-state index contributed by atoms with van der Waals surface area (Å²) in [6.07, 6.45) is -25.3. The van der Waals surface area contributed by atoms with Gasteiger partial charge in [0.05, 0.1) is 0 Å². The third-order valence-corrected chi connectivity index (χ3v) is 5.61. The third kappa shape index (κ3) is 3.73. The van der Waals surface area contributed by atoms with Crippen LogP contribution in [-0.2, 0) is 11.2 Å². The fourth-order valence-electron chi connectivity index (χ4n) is 3.73. The van der Waals surface area contributed by atoms with Crippen molar-refractivity contribution in [3.05, 3.63) is 47.5 Å². The normalized spacial score (nSPS) is 14.6. The lowest BCUT2D eigenvalue weighted by Gasteiger charge is -2.34. The second kappa shape index (κ2) is 7.68. The van der Waals surface area contributed by atoms with Gasteiger partial charge in [-0.3, -0.25) is 0 Å². The highest BCUT2D eigenvalue weighted by Crippen LogP contribution is 2.54. The predicted molar refractivity (Wildman–Crippen MR) is 102 cm³/mol. The van der Waals surface area contributed by atoms with Crippen molar-refractivity contribution in [3.8, 4) is 0 Å². The highest BCUT2D eigenvalue weighted by atomic mass is 19.4. The number of nitrogen functional groups attached to an aromatic ring is 2. The predicted octanol–water partition coefficient (Wildman–Crippen LogP) is 5.78. The zero-order valence-corrected chi connectivity index (χ0v) is 17.0. The Bertz CT molecular complexity index is 1310. The number of alkyl halides is 12. The van der Waals surface area contributed by atoms with E-state index in [1.165, 1.54) is 0 Å². The number of hydrogen-bond donors (Lipinski definition) is 4. The summed E-state index contributed by atoms with van der Waals surface area (Å²) in [4.78, 5) is 0. The lowest BCUT2D eigenvalue weighted by Crippen LogP contribution is -2.54. The summed E-state index contributed by atoms with van der Waals surface area (Å²) in [6, 6.07) is 3.20. The van der Waals surface area contributed by atoms with Gasteiger partial charge in [0.25, 0.3) is 11.2 Å². The van der Waals surface area contributed by atoms with Crippen molar-refractivity contribution in [1.29, 1.82) is 0 Å². The lowest BCUT2D eigenvalue weighted by molar-refractivity contribution is -0.376. The van der Waals surface area contributed by atoms with Crippen molar-refractivity contribution >= 4 is 32.9 Å². The summed E-state index contributed by atoms with van der Waals surface area (Å²) in [5.74, 6) is 0. The third-order valence-electron chi connectivity index (χ3n) is 5.61. The van der Waals surface area contributed by atoms with Crippen molar-refractivity contribution in [3.63, 3.8) is 0 Å². The standard InChI is InChI=1S/C20H12F12N2O2/c21-17(22,23)15(35,18(24,25)26)11-2-1-7-3-8-6-13(33)12(5-9(8)4-10(7)14(11)34)16(36,19(27,28)29)20(30,31)32/h1-6,35-36H,33-34H2. The molecule has 36 heavy (non-hydrogen) atoms. The number of halogens is 12. The molecule has 198 valence electrons. The molecular weight excluding hydrogens is 528 g/mol. The van der Waals surface area contributed by atoms with E-state index < -0.39 is 69.2 Å². The summed E-state index contributed by atoms with van der Waals surface area (Å²) in [7, 11) is 0. The van der Waals surface area contributed by atoms with Gasteiger partial charge in [0.1, 0.15) is 0 Å². The van der Waals surface area contributed by atoms with Gasteiger partial charge in [0.15, 0.2) is 0 Å². The number of rotatable bonds is 2. The molecule has 16 heteroatoms. The molecule has 0 unspecified atom stereocenters. The molecule has 0 aliphatic carbocycles. The number of nitrogens with two attached hydrogens (primary N) is 2. The lowest BCUT2D eigenvalue weighted by atomic mass is 9.86. The fourth-order valence-corrected chi connectivity index (χ4v) is 3.73. The Labute approximate surface area is 191 Å². The molecule has 0 heterocycles. The van der Waals surface area contributed by atoms with Crippen LogP contribution < -0.4 is 11.5 Å². The molecular formula is C20H12F12N2O2. The minimum absolute atomic E-state index is 0.136. The molecule has 0 spiro atoms. The van der Waals surface area contributed by atoms with Gasteiger partial charge in [-0.15, -0.1) is 0 Å². The van der Waals surface area contributed by atoms with Gasteiger partial charge in [0, 0.05) is 27.9 Å². The van der Waals surface area contributed by atoms with Gasteiger partial charge in [-0.2, -0.15) is 52.7 Å². The molecule has 0 atom stereocenters. The average molecular weight is 540 g/mol. The van der Waals surface area contributed by atoms with E-state index >= 15 is 0 Å². The van der Waals surface area contributed by atoms with Crippen LogP contribution >= 0.6 is 0 Å². The van der Waals surface area contributed by atoms with E-state index in [2.05, 4.69) is 0 Å². The Hall–Kier alpha value is -3.14. The molecule has 6 N–H and O–H groups in total. The van der Waals surface area contributed by atoms with E-state index in [1.807, 2.05) is 0 Å². The van der Waals surface area contributed by atoms with Gasteiger partial charge in [-0.1, -0.05) is 12.1 Å². The SMILES string of the molecule is Nc1cc2cc3ccc(C(O)(C(F)(F)F)C(F)(F)F)c(N)c3cc2cc1C(O)(C(F)(F)F)C(F)(F)F. The van der Waals surface area contributed by atoms with E-state index in [4.69, 9.17) is 11.5 Å². The number of benzene rings is 3. The Morgan fingerprint density at radius 2 is 0.917 bits per heavy atom. The van der Waals surface area contributed by atoms with Crippen molar-refractivity contribution in [2.75, 3.05) is 11.5 Å². The number of aliphatic hydroxyl groups is 2. The summed E-state index contributed by atoms with van der Waals surface area (Å²) in [5.41, 5.74) is -6.29. The van der Waals surface area contributed by atoms with E-state index in [0.717, 1.165) is 6.07 Å². The van der Waals surface area contributed by atoms with Gasteiger partial charge in [-0.25, -0.2) is 0 Å². The van der Waals surface area contributed by atoms with Crippen LogP contribution in [0.25, 0.3) is 21.5 Å². The van der Waals surface area contributed by atoms with Crippen molar-refractivity contribution in [2.45, 2.75) is 35.9 Å². The average Bonchev–Trinajstić information content (AvgIpc) is 2.68. The smallest absolute Gasteiger partial charge is 0.398 e. The van der Waals surface area contributed by atoms with Crippen LogP contribution in [0.4, 0.5) is 64.1 Å². The minimum atomic E-state index is -6.33. The first-order chi connectivity index (χ1) is 16.0. The topological polar surface area (TPSA) is 92.5 Å². The Morgan fingerprint density at radius 3 is 1.36 bits per heavy atom. The molecule has 0 amide bonds. The van der Waals surface area contributed by atoms with Crippen molar-refractivity contribution < 1.29 is 62.9 Å². The maximum atomic E-state index is 13.3. The second-order valence-corrected chi connectivity index (χ2v) is 7.80. The maximum absolute atomic E-state index is 13.3. The first-order valence-corrected chi connectivity index (χ1v) is 9.26. The molecule has 3 rings (SSSR count). The van der Waals surface area contributed by atoms with Crippen LogP contribution in [0.15, 0.2) is 36.4 Å². The zero-order chi connectivity index (χ0) is 27.9. The Kier molecular flexibility index (Phi) is 5.85. The quantitative estimate of drug-likeness (QED) is 0.188. The molecule has 0 aromatic heterocycles. The molecule has 3 aromatic rings. The van der Waals surface area contributed by atoms with Crippen LogP contribution in [0.3, 0.4) is 0 Å². The van der Waals surface area contributed by atoms with Gasteiger partial charge in [-0.05, 0) is 40.4 Å². The minimum Gasteiger partial charge on any atom is -0.398 e. The summed E-state index contributed by atoms with van der Waals surface area (Å²) >= 11 is 0. The van der Waals surface area contributed by atoms with E-state index in [1.54, 1.807) is 0 Å². The maximum Gasteiger partial charge on any atom is 0.430 e. The number of fused-ring (bicyclic) bond motifs is 2. The molecule has 0 saturated carbocycles.